The normalized spacial score (nSPS) is 12.6. The fourth-order valence-corrected chi connectivity index (χ4v) is 4.62. The van der Waals surface area contributed by atoms with E-state index >= 15 is 0 Å². The Balaban J connectivity index is 1.89. The second-order valence-electron chi connectivity index (χ2n) is 8.97. The Kier molecular flexibility index (Phi) is 8.27. The van der Waals surface area contributed by atoms with Crippen LogP contribution >= 0.6 is 0 Å². The minimum absolute atomic E-state index is 0.00869. The van der Waals surface area contributed by atoms with Crippen molar-refractivity contribution in [2.45, 2.75) is 66.2 Å². The van der Waals surface area contributed by atoms with Crippen molar-refractivity contribution < 1.29 is 9.59 Å². The quantitative estimate of drug-likeness (QED) is 0.377. The van der Waals surface area contributed by atoms with Crippen LogP contribution in [0.15, 0.2) is 60.7 Å². The number of hydrogen-bond donors (Lipinski definition) is 2. The first-order valence-electron chi connectivity index (χ1n) is 12.1. The van der Waals surface area contributed by atoms with Gasteiger partial charge >= 0.3 is 0 Å². The molecule has 0 saturated carbocycles. The molecule has 0 radical (unpaired) electrons. The van der Waals surface area contributed by atoms with E-state index in [4.69, 9.17) is 0 Å². The van der Waals surface area contributed by atoms with E-state index in [1.54, 1.807) is 0 Å². The molecule has 0 aromatic heterocycles. The first kappa shape index (κ1) is 25.2. The molecule has 0 aliphatic carbocycles. The molecule has 34 heavy (non-hydrogen) atoms. The summed E-state index contributed by atoms with van der Waals surface area (Å²) in [5.74, 6) is -0.441. The molecule has 3 aromatic carbocycles. The molecule has 0 heterocycles. The molecule has 0 bridgehead atoms. The zero-order valence-electron chi connectivity index (χ0n) is 21.2. The van der Waals surface area contributed by atoms with E-state index in [2.05, 4.69) is 10.6 Å². The molecule has 0 fully saturated rings. The van der Waals surface area contributed by atoms with Crippen LogP contribution in [0.25, 0.3) is 0 Å². The molecule has 2 amide bonds. The monoisotopic (exact) mass is 456 g/mol. The summed E-state index contributed by atoms with van der Waals surface area (Å²) >= 11 is 0. The Bertz CT molecular complexity index is 1030. The van der Waals surface area contributed by atoms with Crippen molar-refractivity contribution in [2.24, 2.45) is 0 Å². The zero-order chi connectivity index (χ0) is 24.8. The van der Waals surface area contributed by atoms with Crippen molar-refractivity contribution in [2.75, 3.05) is 10.6 Å². The predicted octanol–water partition coefficient (Wildman–Crippen LogP) is 7.18. The van der Waals surface area contributed by atoms with E-state index < -0.39 is 0 Å². The molecule has 4 heteroatoms. The molecule has 0 aliphatic heterocycles. The van der Waals surface area contributed by atoms with E-state index in [0.717, 1.165) is 57.6 Å². The molecule has 2 N–H and O–H groups in total. The van der Waals surface area contributed by atoms with Crippen molar-refractivity contribution in [3.63, 3.8) is 0 Å². The van der Waals surface area contributed by atoms with Crippen LogP contribution in [0.3, 0.4) is 0 Å². The summed E-state index contributed by atoms with van der Waals surface area (Å²) in [6, 6.07) is 19.8. The summed E-state index contributed by atoms with van der Waals surface area (Å²) in [5, 5.41) is 6.40. The van der Waals surface area contributed by atoms with Gasteiger partial charge in [0, 0.05) is 11.4 Å². The summed E-state index contributed by atoms with van der Waals surface area (Å²) in [4.78, 5) is 26.5. The number of carbonyl (C=O) groups excluding carboxylic acids is 2. The van der Waals surface area contributed by atoms with Crippen molar-refractivity contribution >= 4 is 23.2 Å². The van der Waals surface area contributed by atoms with Gasteiger partial charge in [-0.25, -0.2) is 0 Å². The van der Waals surface area contributed by atoms with Gasteiger partial charge in [-0.15, -0.1) is 0 Å². The summed E-state index contributed by atoms with van der Waals surface area (Å²) in [5.41, 5.74) is 7.60. The van der Waals surface area contributed by atoms with Gasteiger partial charge in [-0.3, -0.25) is 9.59 Å². The van der Waals surface area contributed by atoms with E-state index in [1.807, 2.05) is 102 Å². The van der Waals surface area contributed by atoms with Crippen molar-refractivity contribution in [3.05, 3.63) is 94.0 Å². The smallest absolute Gasteiger partial charge is 0.231 e. The molecule has 4 nitrogen and oxygen atoms in total. The van der Waals surface area contributed by atoms with Gasteiger partial charge in [-0.1, -0.05) is 74.5 Å². The third-order valence-corrected chi connectivity index (χ3v) is 6.97. The van der Waals surface area contributed by atoms with Crippen molar-refractivity contribution in [1.29, 1.82) is 0 Å². The highest BCUT2D eigenvalue weighted by Crippen LogP contribution is 2.36. The lowest BCUT2D eigenvalue weighted by molar-refractivity contribution is -0.118. The first-order valence-corrected chi connectivity index (χ1v) is 12.1. The molecule has 0 saturated heterocycles. The minimum Gasteiger partial charge on any atom is -0.325 e. The van der Waals surface area contributed by atoms with Gasteiger partial charge in [0.25, 0.3) is 0 Å². The van der Waals surface area contributed by atoms with Crippen molar-refractivity contribution in [1.82, 2.24) is 0 Å². The lowest BCUT2D eigenvalue weighted by Crippen LogP contribution is -2.24. The van der Waals surface area contributed by atoms with Gasteiger partial charge in [-0.2, -0.15) is 0 Å². The Morgan fingerprint density at radius 2 is 0.882 bits per heavy atom. The van der Waals surface area contributed by atoms with Crippen LogP contribution in [0.2, 0.25) is 0 Å². The van der Waals surface area contributed by atoms with Gasteiger partial charge in [0.15, 0.2) is 0 Å². The summed E-state index contributed by atoms with van der Waals surface area (Å²) in [6.45, 7) is 12.1. The summed E-state index contributed by atoms with van der Waals surface area (Å²) in [7, 11) is 0. The Morgan fingerprint density at radius 1 is 0.588 bits per heavy atom. The van der Waals surface area contributed by atoms with Crippen molar-refractivity contribution in [3.8, 4) is 0 Å². The number of amides is 2. The van der Waals surface area contributed by atoms with E-state index in [9.17, 15) is 9.59 Å². The van der Waals surface area contributed by atoms with Crippen LogP contribution in [0.1, 0.15) is 71.9 Å². The molecule has 2 atom stereocenters. The van der Waals surface area contributed by atoms with E-state index in [0.29, 0.717) is 0 Å². The van der Waals surface area contributed by atoms with Crippen LogP contribution < -0.4 is 10.6 Å². The number of carbonyl (C=O) groups is 2. The summed E-state index contributed by atoms with van der Waals surface area (Å²) in [6.07, 6.45) is 1.44. The van der Waals surface area contributed by atoms with Gasteiger partial charge in [0.1, 0.15) is 0 Å². The minimum atomic E-state index is -0.212. The zero-order valence-corrected chi connectivity index (χ0v) is 21.2. The molecule has 2 unspecified atom stereocenters. The maximum atomic E-state index is 13.2. The topological polar surface area (TPSA) is 58.2 Å². The lowest BCUT2D eigenvalue weighted by Gasteiger charge is -2.24. The highest BCUT2D eigenvalue weighted by Gasteiger charge is 2.24. The van der Waals surface area contributed by atoms with E-state index in [1.165, 1.54) is 0 Å². The third kappa shape index (κ3) is 5.22. The second kappa shape index (κ2) is 11.1. The molecular weight excluding hydrogens is 420 g/mol. The van der Waals surface area contributed by atoms with Gasteiger partial charge < -0.3 is 10.6 Å². The highest BCUT2D eigenvalue weighted by atomic mass is 16.2. The van der Waals surface area contributed by atoms with Crippen LogP contribution in [0.4, 0.5) is 11.4 Å². The predicted molar refractivity (Wildman–Crippen MR) is 142 cm³/mol. The SMILES string of the molecule is CCC(C(=O)Nc1c(C)c(C)c(NC(=O)C(CC)c2ccccc2)c(C)c1C)c1ccccc1. The number of nitrogens with one attached hydrogen (secondary N) is 2. The number of benzene rings is 3. The maximum absolute atomic E-state index is 13.2. The average molecular weight is 457 g/mol. The van der Waals surface area contributed by atoms with Crippen LogP contribution in [-0.2, 0) is 9.59 Å². The summed E-state index contributed by atoms with van der Waals surface area (Å²) < 4.78 is 0. The van der Waals surface area contributed by atoms with Gasteiger partial charge in [0.2, 0.25) is 11.8 Å². The Morgan fingerprint density at radius 3 is 1.15 bits per heavy atom. The van der Waals surface area contributed by atoms with Crippen LogP contribution in [0.5, 0.6) is 0 Å². The van der Waals surface area contributed by atoms with E-state index in [-0.39, 0.29) is 23.7 Å². The number of anilines is 2. The fraction of sp³-hybridized carbons (Fsp3) is 0.333. The van der Waals surface area contributed by atoms with Crippen LogP contribution in [-0.4, -0.2) is 11.8 Å². The molecular formula is C30H36N2O2. The first-order chi connectivity index (χ1) is 16.3. The fourth-order valence-electron chi connectivity index (χ4n) is 4.62. The molecule has 178 valence electrons. The number of hydrogen-bond acceptors (Lipinski definition) is 2. The van der Waals surface area contributed by atoms with Crippen LogP contribution in [0, 0.1) is 27.7 Å². The van der Waals surface area contributed by atoms with Gasteiger partial charge in [0.05, 0.1) is 11.8 Å². The molecule has 0 spiro atoms. The molecule has 3 rings (SSSR count). The number of rotatable bonds is 8. The average Bonchev–Trinajstić information content (AvgIpc) is 2.85. The lowest BCUT2D eigenvalue weighted by atomic mass is 9.92. The Labute approximate surface area is 203 Å². The molecule has 0 aliphatic rings. The second-order valence-corrected chi connectivity index (χ2v) is 8.97. The molecule has 3 aromatic rings. The standard InChI is InChI=1S/C30H36N2O2/c1-7-25(23-15-11-9-12-16-23)29(33)31-27-19(3)21(5)28(22(6)20(27)4)32-30(34)26(8-2)24-17-13-10-14-18-24/h9-18,25-26H,7-8H2,1-6H3,(H,31,33)(H,32,34). The highest BCUT2D eigenvalue weighted by molar-refractivity contribution is 6.00. The Hall–Kier alpha value is -3.40. The maximum Gasteiger partial charge on any atom is 0.231 e. The third-order valence-electron chi connectivity index (χ3n) is 6.97. The van der Waals surface area contributed by atoms with Gasteiger partial charge in [-0.05, 0) is 73.9 Å². The largest absolute Gasteiger partial charge is 0.325 e.